The first-order valence-electron chi connectivity index (χ1n) is 8.40. The highest BCUT2D eigenvalue weighted by atomic mass is 79.9. The zero-order valence-corrected chi connectivity index (χ0v) is 17.2. The maximum Gasteiger partial charge on any atom is 0.171 e. The zero-order chi connectivity index (χ0) is 17.8. The molecule has 0 aromatic heterocycles. The summed E-state index contributed by atoms with van der Waals surface area (Å²) in [6, 6.07) is 14.5. The molecule has 3 rings (SSSR count). The smallest absolute Gasteiger partial charge is 0.171 e. The summed E-state index contributed by atoms with van der Waals surface area (Å²) in [6.45, 7) is 4.43. The topological polar surface area (TPSA) is 27.3 Å². The minimum Gasteiger partial charge on any atom is -0.372 e. The summed E-state index contributed by atoms with van der Waals surface area (Å²) in [5.41, 5.74) is 3.38. The molecule has 2 aromatic carbocycles. The highest BCUT2D eigenvalue weighted by Gasteiger charge is 2.13. The second-order valence-corrected chi connectivity index (χ2v) is 7.90. The van der Waals surface area contributed by atoms with Gasteiger partial charge in [0.15, 0.2) is 5.11 Å². The number of anilines is 2. The highest BCUT2D eigenvalue weighted by Crippen LogP contribution is 2.26. The Balaban J connectivity index is 1.58. The number of benzene rings is 2. The largest absolute Gasteiger partial charge is 0.372 e. The third-order valence-electron chi connectivity index (χ3n) is 4.39. The molecule has 132 valence electrons. The fourth-order valence-electron chi connectivity index (χ4n) is 2.97. The van der Waals surface area contributed by atoms with Crippen LogP contribution in [0.15, 0.2) is 46.9 Å². The van der Waals surface area contributed by atoms with Crippen LogP contribution in [0.3, 0.4) is 0 Å². The highest BCUT2D eigenvalue weighted by molar-refractivity contribution is 9.10. The lowest BCUT2D eigenvalue weighted by atomic mass is 10.1. The van der Waals surface area contributed by atoms with Gasteiger partial charge in [-0.25, -0.2) is 0 Å². The van der Waals surface area contributed by atoms with Crippen molar-refractivity contribution in [2.45, 2.75) is 25.8 Å². The van der Waals surface area contributed by atoms with Crippen molar-refractivity contribution in [1.82, 2.24) is 5.32 Å². The molecular formula is C19H21BrClN3S. The third kappa shape index (κ3) is 4.87. The molecule has 0 radical (unpaired) electrons. The first kappa shape index (κ1) is 18.5. The Labute approximate surface area is 167 Å². The zero-order valence-electron chi connectivity index (χ0n) is 14.1. The first-order valence-corrected chi connectivity index (χ1v) is 9.98. The Bertz CT molecular complexity index is 745. The van der Waals surface area contributed by atoms with Crippen molar-refractivity contribution in [3.63, 3.8) is 0 Å². The summed E-state index contributed by atoms with van der Waals surface area (Å²) >= 11 is 14.9. The second kappa shape index (κ2) is 8.39. The van der Waals surface area contributed by atoms with Gasteiger partial charge in [0.2, 0.25) is 0 Å². The van der Waals surface area contributed by atoms with Gasteiger partial charge in [-0.2, -0.15) is 0 Å². The van der Waals surface area contributed by atoms with Gasteiger partial charge in [-0.15, -0.1) is 0 Å². The van der Waals surface area contributed by atoms with E-state index in [4.69, 9.17) is 23.8 Å². The standard InChI is InChI=1S/C19H21BrClN3S/c1-13(14-4-7-16(8-5-14)24-10-2-3-11-24)22-19(25)23-15-6-9-17(20)18(21)12-15/h4-9,12-13H,2-3,10-11H2,1H3,(H2,22,23,25). The summed E-state index contributed by atoms with van der Waals surface area (Å²) in [6.07, 6.45) is 2.58. The van der Waals surface area contributed by atoms with Crippen molar-refractivity contribution in [2.24, 2.45) is 0 Å². The molecule has 1 saturated heterocycles. The van der Waals surface area contributed by atoms with Crippen molar-refractivity contribution in [1.29, 1.82) is 0 Å². The Morgan fingerprint density at radius 3 is 2.48 bits per heavy atom. The molecule has 6 heteroatoms. The molecule has 0 spiro atoms. The van der Waals surface area contributed by atoms with Crippen LogP contribution in [-0.4, -0.2) is 18.2 Å². The van der Waals surface area contributed by atoms with Crippen LogP contribution in [0.5, 0.6) is 0 Å². The van der Waals surface area contributed by atoms with E-state index in [2.05, 4.69) is 62.7 Å². The van der Waals surface area contributed by atoms with Crippen LogP contribution >= 0.6 is 39.7 Å². The Hall–Kier alpha value is -1.30. The number of nitrogens with zero attached hydrogens (tertiary/aromatic N) is 1. The molecular weight excluding hydrogens is 418 g/mol. The van der Waals surface area contributed by atoms with Crippen molar-refractivity contribution in [3.05, 3.63) is 57.5 Å². The lowest BCUT2D eigenvalue weighted by Crippen LogP contribution is -2.30. The molecule has 0 aliphatic carbocycles. The van der Waals surface area contributed by atoms with Gasteiger partial charge in [-0.1, -0.05) is 23.7 Å². The number of nitrogens with one attached hydrogen (secondary N) is 2. The summed E-state index contributed by atoms with van der Waals surface area (Å²) < 4.78 is 0.866. The van der Waals surface area contributed by atoms with Gasteiger partial charge in [0.1, 0.15) is 0 Å². The molecule has 0 bridgehead atoms. The lowest BCUT2D eigenvalue weighted by Gasteiger charge is -2.20. The molecule has 2 aromatic rings. The van der Waals surface area contributed by atoms with Gasteiger partial charge >= 0.3 is 0 Å². The van der Waals surface area contributed by atoms with Gasteiger partial charge in [0.25, 0.3) is 0 Å². The van der Waals surface area contributed by atoms with Crippen LogP contribution in [0.25, 0.3) is 0 Å². The summed E-state index contributed by atoms with van der Waals surface area (Å²) in [5.74, 6) is 0. The van der Waals surface area contributed by atoms with Gasteiger partial charge in [0.05, 0.1) is 11.1 Å². The minimum atomic E-state index is 0.124. The normalized spacial score (nSPS) is 15.1. The molecule has 3 nitrogen and oxygen atoms in total. The van der Waals surface area contributed by atoms with Crippen molar-refractivity contribution in [2.75, 3.05) is 23.3 Å². The molecule has 25 heavy (non-hydrogen) atoms. The fourth-order valence-corrected chi connectivity index (χ4v) is 3.69. The van der Waals surface area contributed by atoms with E-state index in [-0.39, 0.29) is 6.04 Å². The SMILES string of the molecule is CC(NC(=S)Nc1ccc(Br)c(Cl)c1)c1ccc(N2CCCC2)cc1. The van der Waals surface area contributed by atoms with E-state index in [1.165, 1.54) is 24.1 Å². The fraction of sp³-hybridized carbons (Fsp3) is 0.316. The first-order chi connectivity index (χ1) is 12.0. The maximum atomic E-state index is 6.11. The van der Waals surface area contributed by atoms with E-state index >= 15 is 0 Å². The van der Waals surface area contributed by atoms with E-state index < -0.39 is 0 Å². The van der Waals surface area contributed by atoms with E-state index in [1.807, 2.05) is 18.2 Å². The van der Waals surface area contributed by atoms with Gasteiger partial charge in [0, 0.05) is 28.9 Å². The Morgan fingerprint density at radius 1 is 1.16 bits per heavy atom. The number of thiocarbonyl (C=S) groups is 1. The van der Waals surface area contributed by atoms with Crippen LogP contribution in [-0.2, 0) is 0 Å². The summed E-state index contributed by atoms with van der Waals surface area (Å²) in [4.78, 5) is 2.44. The monoisotopic (exact) mass is 437 g/mol. The van der Waals surface area contributed by atoms with Crippen molar-refractivity contribution in [3.8, 4) is 0 Å². The number of halogens is 2. The maximum absolute atomic E-state index is 6.11. The molecule has 1 aliphatic heterocycles. The van der Waals surface area contributed by atoms with E-state index in [0.29, 0.717) is 10.1 Å². The van der Waals surface area contributed by atoms with E-state index in [9.17, 15) is 0 Å². The third-order valence-corrected chi connectivity index (χ3v) is 5.84. The minimum absolute atomic E-state index is 0.124. The summed E-state index contributed by atoms with van der Waals surface area (Å²) in [7, 11) is 0. The molecule has 1 fully saturated rings. The van der Waals surface area contributed by atoms with Crippen LogP contribution in [0.2, 0.25) is 5.02 Å². The van der Waals surface area contributed by atoms with Gasteiger partial charge < -0.3 is 15.5 Å². The average Bonchev–Trinajstić information content (AvgIpc) is 3.13. The van der Waals surface area contributed by atoms with Crippen molar-refractivity contribution >= 4 is 56.2 Å². The van der Waals surface area contributed by atoms with E-state index in [0.717, 1.165) is 23.2 Å². The number of hydrogen-bond donors (Lipinski definition) is 2. The van der Waals surface area contributed by atoms with Crippen LogP contribution < -0.4 is 15.5 Å². The number of rotatable bonds is 4. The second-order valence-electron chi connectivity index (χ2n) is 6.23. The molecule has 1 heterocycles. The predicted octanol–water partition coefficient (Wildman–Crippen LogP) is 5.75. The quantitative estimate of drug-likeness (QED) is 0.594. The molecule has 0 amide bonds. The van der Waals surface area contributed by atoms with Crippen molar-refractivity contribution < 1.29 is 0 Å². The number of hydrogen-bond acceptors (Lipinski definition) is 2. The van der Waals surface area contributed by atoms with Crippen LogP contribution in [0.1, 0.15) is 31.4 Å². The average molecular weight is 439 g/mol. The van der Waals surface area contributed by atoms with Gasteiger partial charge in [-0.05, 0) is 83.8 Å². The molecule has 2 N–H and O–H groups in total. The van der Waals surface area contributed by atoms with Gasteiger partial charge in [-0.3, -0.25) is 0 Å². The van der Waals surface area contributed by atoms with E-state index in [1.54, 1.807) is 0 Å². The lowest BCUT2D eigenvalue weighted by molar-refractivity contribution is 0.722. The molecule has 1 aliphatic rings. The summed E-state index contributed by atoms with van der Waals surface area (Å²) in [5, 5.41) is 7.72. The predicted molar refractivity (Wildman–Crippen MR) is 115 cm³/mol. The molecule has 0 saturated carbocycles. The Morgan fingerprint density at radius 2 is 1.84 bits per heavy atom. The molecule has 1 unspecified atom stereocenters. The molecule has 1 atom stereocenters. The van der Waals surface area contributed by atoms with Crippen LogP contribution in [0, 0.1) is 0 Å². The van der Waals surface area contributed by atoms with Crippen LogP contribution in [0.4, 0.5) is 11.4 Å². The Kier molecular flexibility index (Phi) is 6.20.